The Morgan fingerprint density at radius 1 is 1.45 bits per heavy atom. The first-order valence-electron chi connectivity index (χ1n) is 5.80. The highest BCUT2D eigenvalue weighted by Crippen LogP contribution is 2.23. The van der Waals surface area contributed by atoms with Gasteiger partial charge >= 0.3 is 5.97 Å². The van der Waals surface area contributed by atoms with Crippen LogP contribution >= 0.6 is 23.1 Å². The predicted octanol–water partition coefficient (Wildman–Crippen LogP) is 1.95. The number of nitrogens with zero attached hydrogens (tertiary/aromatic N) is 3. The van der Waals surface area contributed by atoms with Crippen LogP contribution in [-0.2, 0) is 19.2 Å². The van der Waals surface area contributed by atoms with Crippen LogP contribution in [-0.4, -0.2) is 35.8 Å². The van der Waals surface area contributed by atoms with Crippen molar-refractivity contribution in [3.63, 3.8) is 0 Å². The van der Waals surface area contributed by atoms with E-state index in [0.29, 0.717) is 6.61 Å². The number of rotatable bonds is 6. The maximum atomic E-state index is 11.8. The van der Waals surface area contributed by atoms with Crippen molar-refractivity contribution in [2.75, 3.05) is 17.6 Å². The molecule has 0 saturated carbocycles. The Labute approximate surface area is 125 Å². The molecule has 0 fully saturated rings. The molecule has 0 aliphatic carbocycles. The lowest BCUT2D eigenvalue weighted by atomic mass is 10.3. The number of hydrogen-bond acceptors (Lipinski definition) is 7. The van der Waals surface area contributed by atoms with Gasteiger partial charge in [-0.05, 0) is 13.8 Å². The van der Waals surface area contributed by atoms with Gasteiger partial charge in [-0.3, -0.25) is 4.79 Å². The summed E-state index contributed by atoms with van der Waals surface area (Å²) in [6.45, 7) is 5.22. The Hall–Kier alpha value is -1.67. The molecule has 0 saturated heterocycles. The number of thiazole rings is 1. The van der Waals surface area contributed by atoms with Crippen LogP contribution < -0.4 is 4.42 Å². The van der Waals surface area contributed by atoms with Gasteiger partial charge in [0, 0.05) is 24.1 Å². The fourth-order valence-corrected chi connectivity index (χ4v) is 2.03. The van der Waals surface area contributed by atoms with Gasteiger partial charge in [0.1, 0.15) is 12.3 Å². The highest BCUT2D eigenvalue weighted by atomic mass is 35.5. The van der Waals surface area contributed by atoms with Gasteiger partial charge in [-0.25, -0.2) is 9.78 Å². The monoisotopic (exact) mass is 319 g/mol. The quantitative estimate of drug-likeness (QED) is 0.346. The SMILES string of the molecule is CCON=C(C(=O)OCC)c1csc(N(Cl)C(C)=O)n1. The van der Waals surface area contributed by atoms with Crippen LogP contribution in [0.2, 0.25) is 0 Å². The molecule has 1 amide bonds. The number of esters is 1. The summed E-state index contributed by atoms with van der Waals surface area (Å²) in [5, 5.41) is 5.47. The molecule has 1 heterocycles. The topological polar surface area (TPSA) is 81.1 Å². The van der Waals surface area contributed by atoms with E-state index in [1.165, 1.54) is 6.92 Å². The highest BCUT2D eigenvalue weighted by molar-refractivity contribution is 7.14. The van der Waals surface area contributed by atoms with Crippen LogP contribution in [0.1, 0.15) is 26.5 Å². The first-order valence-corrected chi connectivity index (χ1v) is 7.02. The molecule has 1 rings (SSSR count). The molecule has 9 heteroatoms. The molecule has 0 N–H and O–H groups in total. The number of oxime groups is 1. The minimum Gasteiger partial charge on any atom is -0.461 e. The Morgan fingerprint density at radius 3 is 2.70 bits per heavy atom. The molecular formula is C11H14ClN3O4S. The maximum Gasteiger partial charge on any atom is 0.362 e. The Morgan fingerprint density at radius 2 is 2.15 bits per heavy atom. The maximum absolute atomic E-state index is 11.8. The van der Waals surface area contributed by atoms with Crippen LogP contribution in [0.4, 0.5) is 5.13 Å². The zero-order valence-corrected chi connectivity index (χ0v) is 12.8. The molecule has 1 aromatic rings. The minimum atomic E-state index is -0.651. The van der Waals surface area contributed by atoms with Gasteiger partial charge in [-0.1, -0.05) is 5.16 Å². The number of ether oxygens (including phenoxy) is 1. The second-order valence-corrected chi connectivity index (χ2v) is 4.57. The first-order chi connectivity index (χ1) is 9.51. The number of halogens is 1. The average molecular weight is 320 g/mol. The zero-order chi connectivity index (χ0) is 15.1. The third kappa shape index (κ3) is 4.17. The predicted molar refractivity (Wildman–Crippen MR) is 75.9 cm³/mol. The summed E-state index contributed by atoms with van der Waals surface area (Å²) in [5.41, 5.74) is 0.175. The number of aromatic nitrogens is 1. The van der Waals surface area contributed by atoms with Gasteiger partial charge < -0.3 is 9.57 Å². The fraction of sp³-hybridized carbons (Fsp3) is 0.455. The van der Waals surface area contributed by atoms with E-state index < -0.39 is 5.97 Å². The van der Waals surface area contributed by atoms with E-state index in [1.807, 2.05) is 0 Å². The summed E-state index contributed by atoms with van der Waals surface area (Å²) in [6.07, 6.45) is 0. The summed E-state index contributed by atoms with van der Waals surface area (Å²) in [5.74, 6) is -1.03. The van der Waals surface area contributed by atoms with Gasteiger partial charge in [0.2, 0.25) is 16.8 Å². The van der Waals surface area contributed by atoms with Gasteiger partial charge in [0.25, 0.3) is 0 Å². The normalized spacial score (nSPS) is 11.1. The molecule has 0 spiro atoms. The third-order valence-electron chi connectivity index (χ3n) is 1.93. The Balaban J connectivity index is 3.03. The van der Waals surface area contributed by atoms with Crippen molar-refractivity contribution in [3.05, 3.63) is 11.1 Å². The molecule has 0 atom stereocenters. The lowest BCUT2D eigenvalue weighted by Crippen LogP contribution is -2.21. The van der Waals surface area contributed by atoms with E-state index in [1.54, 1.807) is 19.2 Å². The number of anilines is 1. The Kier molecular flexibility index (Phi) is 6.40. The van der Waals surface area contributed by atoms with Crippen molar-refractivity contribution < 1.29 is 19.2 Å². The van der Waals surface area contributed by atoms with Gasteiger partial charge in [-0.2, -0.15) is 4.42 Å². The first kappa shape index (κ1) is 16.4. The van der Waals surface area contributed by atoms with Crippen molar-refractivity contribution in [1.82, 2.24) is 4.98 Å². The molecule has 1 aromatic heterocycles. The Bertz CT molecular complexity index is 518. The van der Waals surface area contributed by atoms with Crippen molar-refractivity contribution in [3.8, 4) is 0 Å². The minimum absolute atomic E-state index is 0.0650. The zero-order valence-electron chi connectivity index (χ0n) is 11.3. The molecule has 0 unspecified atom stereocenters. The summed E-state index contributed by atoms with van der Waals surface area (Å²) < 4.78 is 5.73. The van der Waals surface area contributed by atoms with Crippen LogP contribution in [0.5, 0.6) is 0 Å². The van der Waals surface area contributed by atoms with Crippen molar-refractivity contribution in [2.45, 2.75) is 20.8 Å². The van der Waals surface area contributed by atoms with Crippen LogP contribution in [0.15, 0.2) is 10.5 Å². The summed E-state index contributed by atoms with van der Waals surface area (Å²) in [7, 11) is 0. The molecule has 0 bridgehead atoms. The smallest absolute Gasteiger partial charge is 0.362 e. The van der Waals surface area contributed by atoms with Crippen LogP contribution in [0.3, 0.4) is 0 Å². The standard InChI is InChI=1S/C11H14ClN3O4S/c1-4-18-10(17)9(14-19-5-2)8-6-20-11(13-8)15(12)7(3)16/h6H,4-5H2,1-3H3. The van der Waals surface area contributed by atoms with Crippen molar-refractivity contribution >= 4 is 45.8 Å². The van der Waals surface area contributed by atoms with Crippen LogP contribution in [0.25, 0.3) is 0 Å². The van der Waals surface area contributed by atoms with Crippen molar-refractivity contribution in [2.24, 2.45) is 5.16 Å². The van der Waals surface area contributed by atoms with E-state index >= 15 is 0 Å². The van der Waals surface area contributed by atoms with Gasteiger partial charge in [0.05, 0.1) is 6.61 Å². The number of carbonyl (C=O) groups excluding carboxylic acids is 2. The van der Waals surface area contributed by atoms with Gasteiger partial charge in [0.15, 0.2) is 0 Å². The molecule has 0 aromatic carbocycles. The second-order valence-electron chi connectivity index (χ2n) is 3.39. The molecule has 0 radical (unpaired) electrons. The number of hydrogen-bond donors (Lipinski definition) is 0. The van der Waals surface area contributed by atoms with E-state index in [9.17, 15) is 9.59 Å². The van der Waals surface area contributed by atoms with Crippen LogP contribution in [0, 0.1) is 0 Å². The molecule has 20 heavy (non-hydrogen) atoms. The molecular weight excluding hydrogens is 306 g/mol. The molecule has 0 aliphatic heterocycles. The number of amides is 1. The highest BCUT2D eigenvalue weighted by Gasteiger charge is 2.22. The third-order valence-corrected chi connectivity index (χ3v) is 3.26. The van der Waals surface area contributed by atoms with Gasteiger partial charge in [-0.15, -0.1) is 11.3 Å². The van der Waals surface area contributed by atoms with E-state index in [4.69, 9.17) is 21.4 Å². The second kappa shape index (κ2) is 7.81. The van der Waals surface area contributed by atoms with E-state index in [0.717, 1.165) is 15.8 Å². The summed E-state index contributed by atoms with van der Waals surface area (Å²) in [4.78, 5) is 31.9. The van der Waals surface area contributed by atoms with E-state index in [-0.39, 0.29) is 29.1 Å². The average Bonchev–Trinajstić information content (AvgIpc) is 2.88. The van der Waals surface area contributed by atoms with Crippen molar-refractivity contribution in [1.29, 1.82) is 0 Å². The summed E-state index contributed by atoms with van der Waals surface area (Å²) in [6, 6.07) is 0. The number of carbonyl (C=O) groups is 2. The largest absolute Gasteiger partial charge is 0.461 e. The fourth-order valence-electron chi connectivity index (χ4n) is 1.12. The summed E-state index contributed by atoms with van der Waals surface area (Å²) >= 11 is 6.85. The molecule has 110 valence electrons. The van der Waals surface area contributed by atoms with E-state index in [2.05, 4.69) is 10.1 Å². The lowest BCUT2D eigenvalue weighted by molar-refractivity contribution is -0.135. The molecule has 0 aliphatic rings. The molecule has 7 nitrogen and oxygen atoms in total. The lowest BCUT2D eigenvalue weighted by Gasteiger charge is -2.06.